The van der Waals surface area contributed by atoms with Crippen LogP contribution in [0.3, 0.4) is 0 Å². The molecule has 0 spiro atoms. The third-order valence-corrected chi connectivity index (χ3v) is 9.30. The van der Waals surface area contributed by atoms with E-state index in [1.54, 1.807) is 7.05 Å². The first-order chi connectivity index (χ1) is 20.4. The van der Waals surface area contributed by atoms with E-state index in [2.05, 4.69) is 26.4 Å². The number of hydrogen-bond donors (Lipinski definition) is 1. The van der Waals surface area contributed by atoms with Gasteiger partial charge in [0.05, 0.1) is 42.0 Å². The second kappa shape index (κ2) is 10.1. The van der Waals surface area contributed by atoms with E-state index in [-0.39, 0.29) is 65.0 Å². The molecule has 6 heterocycles. The van der Waals surface area contributed by atoms with Crippen molar-refractivity contribution in [3.63, 3.8) is 0 Å². The van der Waals surface area contributed by atoms with Crippen LogP contribution in [0, 0.1) is 11.7 Å². The van der Waals surface area contributed by atoms with Crippen molar-refractivity contribution in [2.45, 2.75) is 37.0 Å². The van der Waals surface area contributed by atoms with E-state index in [4.69, 9.17) is 31.5 Å². The SMILES string of the molecule is C=C1CN2CCC[C@@]2(COc2nc3c4c(nc(-c5cc(N)cc(Cl)c5C(F)(F)F)c(F)c4n2)OC[C@H]2COC[C@@H]2N3C)C1. The van der Waals surface area contributed by atoms with Gasteiger partial charge in [-0.25, -0.2) is 9.37 Å². The lowest BCUT2D eigenvalue weighted by Gasteiger charge is -2.33. The molecule has 4 aliphatic heterocycles. The molecule has 2 N–H and O–H groups in total. The number of ether oxygens (including phenoxy) is 3. The van der Waals surface area contributed by atoms with Gasteiger partial charge in [0.1, 0.15) is 29.0 Å². The molecule has 0 unspecified atom stereocenters. The second-order valence-corrected chi connectivity index (χ2v) is 12.2. The Morgan fingerprint density at radius 3 is 2.81 bits per heavy atom. The van der Waals surface area contributed by atoms with E-state index in [0.29, 0.717) is 13.2 Å². The van der Waals surface area contributed by atoms with Gasteiger partial charge in [0.15, 0.2) is 5.82 Å². The van der Waals surface area contributed by atoms with Crippen molar-refractivity contribution >= 4 is 34.0 Å². The minimum atomic E-state index is -4.92. The molecule has 0 aliphatic carbocycles. The Hall–Kier alpha value is -3.42. The monoisotopic (exact) mass is 620 g/mol. The lowest BCUT2D eigenvalue weighted by molar-refractivity contribution is -0.137. The molecule has 14 heteroatoms. The summed E-state index contributed by atoms with van der Waals surface area (Å²) >= 11 is 6.00. The van der Waals surface area contributed by atoms with Crippen LogP contribution in [-0.4, -0.2) is 78.0 Å². The average molecular weight is 621 g/mol. The van der Waals surface area contributed by atoms with E-state index in [1.165, 1.54) is 0 Å². The predicted octanol–water partition coefficient (Wildman–Crippen LogP) is 5.10. The van der Waals surface area contributed by atoms with E-state index >= 15 is 4.39 Å². The molecule has 0 saturated carbocycles. The van der Waals surface area contributed by atoms with Crippen LogP contribution < -0.4 is 20.1 Å². The minimum absolute atomic E-state index is 0.0884. The van der Waals surface area contributed by atoms with Crippen molar-refractivity contribution in [3.05, 3.63) is 40.7 Å². The van der Waals surface area contributed by atoms with Gasteiger partial charge < -0.3 is 24.8 Å². The fourth-order valence-electron chi connectivity index (χ4n) is 6.97. The van der Waals surface area contributed by atoms with Crippen molar-refractivity contribution < 1.29 is 31.8 Å². The zero-order valence-corrected chi connectivity index (χ0v) is 24.1. The van der Waals surface area contributed by atoms with Crippen LogP contribution in [0.1, 0.15) is 24.8 Å². The molecule has 7 rings (SSSR count). The zero-order chi connectivity index (χ0) is 30.3. The summed E-state index contributed by atoms with van der Waals surface area (Å²) in [5, 5.41) is -0.552. The summed E-state index contributed by atoms with van der Waals surface area (Å²) in [7, 11) is 1.80. The highest BCUT2D eigenvalue weighted by Crippen LogP contribution is 2.47. The third kappa shape index (κ3) is 4.63. The molecule has 9 nitrogen and oxygen atoms in total. The fraction of sp³-hybridized carbons (Fsp3) is 0.483. The van der Waals surface area contributed by atoms with E-state index in [1.807, 2.05) is 4.90 Å². The Labute approximate surface area is 249 Å². The van der Waals surface area contributed by atoms with Crippen molar-refractivity contribution in [3.8, 4) is 23.1 Å². The number of anilines is 2. The van der Waals surface area contributed by atoms with Crippen molar-refractivity contribution in [1.29, 1.82) is 0 Å². The highest BCUT2D eigenvalue weighted by molar-refractivity contribution is 6.32. The van der Waals surface area contributed by atoms with Gasteiger partial charge in [-0.3, -0.25) is 4.90 Å². The number of halogens is 5. The van der Waals surface area contributed by atoms with Crippen LogP contribution >= 0.6 is 11.6 Å². The lowest BCUT2D eigenvalue weighted by Crippen LogP contribution is -2.44. The molecule has 43 heavy (non-hydrogen) atoms. The summed E-state index contributed by atoms with van der Waals surface area (Å²) in [5.74, 6) is -1.02. The molecule has 1 aromatic carbocycles. The third-order valence-electron chi connectivity index (χ3n) is 9.00. The summed E-state index contributed by atoms with van der Waals surface area (Å²) in [4.78, 5) is 17.6. The number of nitrogens with zero attached hydrogens (tertiary/aromatic N) is 5. The molecule has 3 atom stereocenters. The van der Waals surface area contributed by atoms with Gasteiger partial charge in [-0.1, -0.05) is 23.8 Å². The summed E-state index contributed by atoms with van der Waals surface area (Å²) in [6.45, 7) is 7.06. The molecule has 4 aliphatic rings. The number of nitrogens with two attached hydrogens (primary N) is 1. The molecule has 2 aromatic heterocycles. The Morgan fingerprint density at radius 1 is 1.21 bits per heavy atom. The number of nitrogen functional groups attached to an aromatic ring is 1. The summed E-state index contributed by atoms with van der Waals surface area (Å²) in [6.07, 6.45) is -2.23. The molecule has 0 bridgehead atoms. The van der Waals surface area contributed by atoms with Crippen LogP contribution in [0.25, 0.3) is 22.2 Å². The standard InChI is InChI=1S/C29H29ClF4N6O3/c1-14-8-28(4-3-5-40(28)9-14)13-43-27-37-24-20-25(38-27)39(2)19-12-41-10-15(19)11-42-26(20)36-23(22(24)31)17-6-16(35)7-18(30)21(17)29(32,33)34/h6-7,15,19H,1,3-5,8-13,35H2,2H3/t15-,19+,28+/m1/s1. The number of alkyl halides is 3. The predicted molar refractivity (Wildman–Crippen MR) is 152 cm³/mol. The van der Waals surface area contributed by atoms with Gasteiger partial charge in [0, 0.05) is 30.8 Å². The lowest BCUT2D eigenvalue weighted by atomic mass is 9.94. The maximum Gasteiger partial charge on any atom is 0.418 e. The molecule has 0 radical (unpaired) electrons. The number of benzene rings is 1. The minimum Gasteiger partial charge on any atom is -0.477 e. The summed E-state index contributed by atoms with van der Waals surface area (Å²) < 4.78 is 77.1. The number of fused-ring (bicyclic) bond motifs is 2. The highest BCUT2D eigenvalue weighted by atomic mass is 35.5. The first kappa shape index (κ1) is 28.4. The number of pyridine rings is 1. The second-order valence-electron chi connectivity index (χ2n) is 11.8. The van der Waals surface area contributed by atoms with Crippen molar-refractivity contribution in [2.24, 2.45) is 5.92 Å². The largest absolute Gasteiger partial charge is 0.477 e. The van der Waals surface area contributed by atoms with Gasteiger partial charge in [-0.05, 0) is 37.9 Å². The first-order valence-electron chi connectivity index (χ1n) is 14.0. The Morgan fingerprint density at radius 2 is 2.02 bits per heavy atom. The van der Waals surface area contributed by atoms with Crippen LogP contribution in [0.4, 0.5) is 29.1 Å². The average Bonchev–Trinajstić information content (AvgIpc) is 3.63. The molecular formula is C29H29ClF4N6O3. The summed E-state index contributed by atoms with van der Waals surface area (Å²) in [5.41, 5.74) is 3.82. The first-order valence-corrected chi connectivity index (χ1v) is 14.4. The van der Waals surface area contributed by atoms with Gasteiger partial charge in [-0.2, -0.15) is 23.1 Å². The highest BCUT2D eigenvalue weighted by Gasteiger charge is 2.47. The van der Waals surface area contributed by atoms with Crippen molar-refractivity contribution in [2.75, 3.05) is 57.2 Å². The maximum atomic E-state index is 16.5. The molecule has 228 valence electrons. The van der Waals surface area contributed by atoms with Gasteiger partial charge in [-0.15, -0.1) is 0 Å². The van der Waals surface area contributed by atoms with Gasteiger partial charge in [0.2, 0.25) is 5.88 Å². The summed E-state index contributed by atoms with van der Waals surface area (Å²) in [6, 6.07) is 1.71. The molecule has 3 aromatic rings. The Kier molecular flexibility index (Phi) is 6.64. The Bertz CT molecular complexity index is 1660. The molecule has 3 saturated heterocycles. The fourth-order valence-corrected chi connectivity index (χ4v) is 7.31. The topological polar surface area (TPSA) is 98.9 Å². The zero-order valence-electron chi connectivity index (χ0n) is 23.3. The van der Waals surface area contributed by atoms with Crippen LogP contribution in [0.2, 0.25) is 5.02 Å². The van der Waals surface area contributed by atoms with Gasteiger partial charge >= 0.3 is 12.2 Å². The maximum absolute atomic E-state index is 16.5. The number of hydrogen-bond acceptors (Lipinski definition) is 9. The number of rotatable bonds is 4. The molecular weight excluding hydrogens is 592 g/mol. The normalized spacial score (nSPS) is 25.4. The van der Waals surface area contributed by atoms with Gasteiger partial charge in [0.25, 0.3) is 0 Å². The van der Waals surface area contributed by atoms with E-state index in [0.717, 1.165) is 50.1 Å². The van der Waals surface area contributed by atoms with Crippen LogP contribution in [-0.2, 0) is 10.9 Å². The molecule has 0 amide bonds. The number of likely N-dealkylation sites (N-methyl/N-ethyl adjacent to an activating group) is 1. The van der Waals surface area contributed by atoms with Crippen LogP contribution in [0.15, 0.2) is 24.3 Å². The van der Waals surface area contributed by atoms with Crippen LogP contribution in [0.5, 0.6) is 11.9 Å². The molecule has 3 fully saturated rings. The smallest absolute Gasteiger partial charge is 0.418 e. The quantitative estimate of drug-likeness (QED) is 0.243. The van der Waals surface area contributed by atoms with E-state index < -0.39 is 33.8 Å². The number of aromatic nitrogens is 3. The van der Waals surface area contributed by atoms with Crippen molar-refractivity contribution in [1.82, 2.24) is 19.9 Å². The Balaban J connectivity index is 1.42. The van der Waals surface area contributed by atoms with E-state index in [9.17, 15) is 13.2 Å².